The number of anilines is 1. The zero-order chi connectivity index (χ0) is 25.8. The fourth-order valence-corrected chi connectivity index (χ4v) is 6.37. The zero-order valence-corrected chi connectivity index (χ0v) is 21.5. The third-order valence-corrected chi connectivity index (χ3v) is 8.68. The van der Waals surface area contributed by atoms with Crippen LogP contribution in [0, 0.1) is 12.3 Å². The van der Waals surface area contributed by atoms with Gasteiger partial charge in [-0.1, -0.05) is 17.7 Å². The van der Waals surface area contributed by atoms with E-state index in [1.807, 2.05) is 33.0 Å². The maximum atomic E-state index is 13.6. The third-order valence-electron chi connectivity index (χ3n) is 8.47. The van der Waals surface area contributed by atoms with Crippen LogP contribution in [0.1, 0.15) is 78.9 Å². The molecule has 3 saturated carbocycles. The summed E-state index contributed by atoms with van der Waals surface area (Å²) >= 11 is 5.92. The Hall–Kier alpha value is -2.97. The number of fused-ring (bicyclic) bond motifs is 4. The lowest BCUT2D eigenvalue weighted by atomic mass is 9.53. The Labute approximate surface area is 214 Å². The molecule has 6 rings (SSSR count). The Morgan fingerprint density at radius 2 is 1.83 bits per heavy atom. The Morgan fingerprint density at radius 1 is 1.17 bits per heavy atom. The third kappa shape index (κ3) is 3.96. The van der Waals surface area contributed by atoms with Crippen molar-refractivity contribution in [1.82, 2.24) is 14.5 Å². The van der Waals surface area contributed by atoms with Gasteiger partial charge in [-0.15, -0.1) is 0 Å². The second-order valence-corrected chi connectivity index (χ2v) is 11.1. The van der Waals surface area contributed by atoms with Crippen molar-refractivity contribution in [2.45, 2.75) is 63.8 Å². The van der Waals surface area contributed by atoms with E-state index in [-0.39, 0.29) is 39.9 Å². The number of aromatic carboxylic acids is 1. The molecule has 9 heteroatoms. The molecule has 0 unspecified atom stereocenters. The molecule has 3 aromatic rings. The summed E-state index contributed by atoms with van der Waals surface area (Å²) in [5, 5.41) is 23.4. The van der Waals surface area contributed by atoms with E-state index in [4.69, 9.17) is 16.6 Å². The topological polar surface area (TPSA) is 117 Å². The Morgan fingerprint density at radius 3 is 2.44 bits per heavy atom. The second kappa shape index (κ2) is 8.85. The van der Waals surface area contributed by atoms with Crippen LogP contribution in [0.5, 0.6) is 0 Å². The fourth-order valence-electron chi connectivity index (χ4n) is 6.22. The molecule has 2 bridgehead atoms. The molecule has 3 N–H and O–H groups in total. The average molecular weight is 511 g/mol. The van der Waals surface area contributed by atoms with Gasteiger partial charge in [-0.2, -0.15) is 0 Å². The molecule has 1 aromatic carbocycles. The summed E-state index contributed by atoms with van der Waals surface area (Å²) in [6, 6.07) is 6.66. The highest BCUT2D eigenvalue weighted by molar-refractivity contribution is 6.29. The molecule has 8 nitrogen and oxygen atoms in total. The van der Waals surface area contributed by atoms with Gasteiger partial charge in [0.05, 0.1) is 22.6 Å². The lowest BCUT2D eigenvalue weighted by Gasteiger charge is -2.52. The lowest BCUT2D eigenvalue weighted by Crippen LogP contribution is -2.48. The number of aryl methyl sites for hydroxylation is 1. The first-order valence-electron chi connectivity index (χ1n) is 12.4. The molecule has 0 saturated heterocycles. The van der Waals surface area contributed by atoms with Gasteiger partial charge in [0, 0.05) is 24.6 Å². The Balaban J connectivity index is 1.61. The first-order chi connectivity index (χ1) is 17.1. The molecule has 0 amide bonds. The maximum absolute atomic E-state index is 13.6. The van der Waals surface area contributed by atoms with E-state index >= 15 is 0 Å². The first kappa shape index (κ1) is 24.7. The number of hydrogen-bond donors (Lipinski definition) is 3. The minimum atomic E-state index is -1.18. The Bertz CT molecular complexity index is 1410. The van der Waals surface area contributed by atoms with Gasteiger partial charge >= 0.3 is 5.97 Å². The summed E-state index contributed by atoms with van der Waals surface area (Å²) < 4.78 is 1.71. The van der Waals surface area contributed by atoms with Crippen LogP contribution < -0.4 is 10.9 Å². The van der Waals surface area contributed by atoms with Gasteiger partial charge < -0.3 is 15.5 Å². The van der Waals surface area contributed by atoms with E-state index in [1.54, 1.807) is 16.7 Å². The lowest BCUT2D eigenvalue weighted by molar-refractivity contribution is -0.0110. The summed E-state index contributed by atoms with van der Waals surface area (Å²) in [6.07, 6.45) is 5.55. The van der Waals surface area contributed by atoms with Gasteiger partial charge in [0.1, 0.15) is 11.0 Å². The number of rotatable bonds is 6. The number of benzene rings is 1. The molecular weight excluding hydrogens is 480 g/mol. The quantitative estimate of drug-likeness (QED) is 0.410. The number of hydrogen-bond acceptors (Lipinski definition) is 6. The molecule has 3 aliphatic rings. The standard InChI is InChI=1S/C27H31ClN4O4/c1-15-12-17(16(2)29-19-4-5-20(28)30-22(19)24(35)36)21-18(13-15)23(34)32(3)25(31-21)27-9-6-26(14-33,7-10-27)8-11-27/h4-5,12-13,16,29,33H,6-11,14H2,1-3H3,(H,35,36)/t16-,26?,27?/m1/s1. The number of nitrogens with zero attached hydrogens (tertiary/aromatic N) is 3. The van der Waals surface area contributed by atoms with Crippen molar-refractivity contribution in [2.24, 2.45) is 12.5 Å². The van der Waals surface area contributed by atoms with Gasteiger partial charge in [0.15, 0.2) is 5.69 Å². The highest BCUT2D eigenvalue weighted by Gasteiger charge is 2.51. The molecular formula is C27H31ClN4O4. The number of nitrogens with one attached hydrogen (secondary N) is 1. The van der Waals surface area contributed by atoms with Crippen LogP contribution in [0.4, 0.5) is 5.69 Å². The SMILES string of the molecule is Cc1cc([C@@H](C)Nc2ccc(Cl)nc2C(=O)O)c2nc(C34CCC(CO)(CC3)CC4)n(C)c(=O)c2c1. The van der Waals surface area contributed by atoms with Crippen molar-refractivity contribution in [3.8, 4) is 0 Å². The van der Waals surface area contributed by atoms with Crippen LogP contribution in [-0.2, 0) is 12.5 Å². The molecule has 3 fully saturated rings. The summed E-state index contributed by atoms with van der Waals surface area (Å²) in [5.74, 6) is -0.369. The van der Waals surface area contributed by atoms with Crippen molar-refractivity contribution in [2.75, 3.05) is 11.9 Å². The minimum absolute atomic E-state index is 0.0205. The van der Waals surface area contributed by atoms with Crippen LogP contribution in [-0.4, -0.2) is 37.3 Å². The van der Waals surface area contributed by atoms with E-state index in [2.05, 4.69) is 10.3 Å². The molecule has 1 atom stereocenters. The largest absolute Gasteiger partial charge is 0.476 e. The number of pyridine rings is 1. The number of carboxylic acids is 1. The molecule has 0 radical (unpaired) electrons. The highest BCUT2D eigenvalue weighted by Crippen LogP contribution is 2.57. The molecule has 2 heterocycles. The maximum Gasteiger partial charge on any atom is 0.356 e. The monoisotopic (exact) mass is 510 g/mol. The number of aliphatic hydroxyl groups excluding tert-OH is 1. The number of aromatic nitrogens is 3. The number of aliphatic hydroxyl groups is 1. The predicted octanol–water partition coefficient (Wildman–Crippen LogP) is 4.75. The van der Waals surface area contributed by atoms with E-state index in [9.17, 15) is 19.8 Å². The molecule has 0 spiro atoms. The normalized spacial score (nSPS) is 24.1. The summed E-state index contributed by atoms with van der Waals surface area (Å²) in [7, 11) is 1.81. The van der Waals surface area contributed by atoms with Crippen molar-refractivity contribution < 1.29 is 15.0 Å². The van der Waals surface area contributed by atoms with Crippen LogP contribution >= 0.6 is 11.6 Å². The van der Waals surface area contributed by atoms with Crippen molar-refractivity contribution in [3.63, 3.8) is 0 Å². The molecule has 3 aliphatic carbocycles. The van der Waals surface area contributed by atoms with E-state index in [0.717, 1.165) is 55.5 Å². The second-order valence-electron chi connectivity index (χ2n) is 10.7. The Kier molecular flexibility index (Phi) is 6.08. The van der Waals surface area contributed by atoms with E-state index < -0.39 is 5.97 Å². The molecule has 2 aromatic heterocycles. The highest BCUT2D eigenvalue weighted by atomic mass is 35.5. The number of carbonyl (C=O) groups is 1. The van der Waals surface area contributed by atoms with Gasteiger partial charge in [-0.05, 0) is 81.5 Å². The van der Waals surface area contributed by atoms with E-state index in [1.165, 1.54) is 0 Å². The smallest absolute Gasteiger partial charge is 0.356 e. The summed E-state index contributed by atoms with van der Waals surface area (Å²) in [6.45, 7) is 4.07. The summed E-state index contributed by atoms with van der Waals surface area (Å²) in [4.78, 5) is 34.5. The van der Waals surface area contributed by atoms with Crippen LogP contribution in [0.2, 0.25) is 5.15 Å². The zero-order valence-electron chi connectivity index (χ0n) is 20.8. The predicted molar refractivity (Wildman–Crippen MR) is 139 cm³/mol. The van der Waals surface area contributed by atoms with Crippen LogP contribution in [0.15, 0.2) is 29.1 Å². The number of halogens is 1. The van der Waals surface area contributed by atoms with Gasteiger partial charge in [0.25, 0.3) is 5.56 Å². The first-order valence-corrected chi connectivity index (χ1v) is 12.7. The van der Waals surface area contributed by atoms with Crippen molar-refractivity contribution in [1.29, 1.82) is 0 Å². The van der Waals surface area contributed by atoms with E-state index in [0.29, 0.717) is 16.6 Å². The van der Waals surface area contributed by atoms with Crippen molar-refractivity contribution >= 4 is 34.2 Å². The molecule has 190 valence electrons. The van der Waals surface area contributed by atoms with Gasteiger partial charge in [0.2, 0.25) is 0 Å². The van der Waals surface area contributed by atoms with Gasteiger partial charge in [-0.25, -0.2) is 14.8 Å². The molecule has 36 heavy (non-hydrogen) atoms. The fraction of sp³-hybridized carbons (Fsp3) is 0.481. The minimum Gasteiger partial charge on any atom is -0.476 e. The summed E-state index contributed by atoms with van der Waals surface area (Å²) in [5.41, 5.74) is 2.33. The average Bonchev–Trinajstić information content (AvgIpc) is 2.88. The van der Waals surface area contributed by atoms with Crippen LogP contribution in [0.25, 0.3) is 10.9 Å². The van der Waals surface area contributed by atoms with Gasteiger partial charge in [-0.3, -0.25) is 9.36 Å². The van der Waals surface area contributed by atoms with Crippen molar-refractivity contribution in [3.05, 3.63) is 62.4 Å². The van der Waals surface area contributed by atoms with Crippen LogP contribution in [0.3, 0.4) is 0 Å². The molecule has 0 aliphatic heterocycles. The number of carboxylic acid groups (broad SMARTS) is 1.